The fourth-order valence-electron chi connectivity index (χ4n) is 1.48. The molecule has 0 aliphatic heterocycles. The van der Waals surface area contributed by atoms with Crippen LogP contribution in [0.15, 0.2) is 18.2 Å². The molecule has 1 unspecified atom stereocenters. The van der Waals surface area contributed by atoms with Crippen LogP contribution < -0.4 is 4.74 Å². The monoisotopic (exact) mass is 218 g/mol. The van der Waals surface area contributed by atoms with Gasteiger partial charge in [0.2, 0.25) is 0 Å². The van der Waals surface area contributed by atoms with Crippen LogP contribution in [-0.4, -0.2) is 11.7 Å². The molecule has 0 aliphatic carbocycles. The molecule has 0 heterocycles. The van der Waals surface area contributed by atoms with E-state index in [0.717, 1.165) is 29.7 Å². The lowest BCUT2D eigenvalue weighted by Crippen LogP contribution is -2.02. The minimum atomic E-state index is -0.512. The molecule has 0 saturated heterocycles. The zero-order chi connectivity index (χ0) is 12.0. The Balaban J connectivity index is 2.68. The van der Waals surface area contributed by atoms with Crippen molar-refractivity contribution < 1.29 is 9.84 Å². The first-order valence-corrected chi connectivity index (χ1v) is 5.50. The number of benzene rings is 1. The highest BCUT2D eigenvalue weighted by Gasteiger charge is 2.08. The molecular formula is C14H18O2. The molecule has 0 amide bonds. The summed E-state index contributed by atoms with van der Waals surface area (Å²) < 4.78 is 5.60. The number of aliphatic hydroxyl groups excluding tert-OH is 1. The Labute approximate surface area is 97.3 Å². The summed E-state index contributed by atoms with van der Waals surface area (Å²) in [7, 11) is 0. The van der Waals surface area contributed by atoms with Crippen molar-refractivity contribution in [1.29, 1.82) is 0 Å². The number of terminal acetylenes is 1. The van der Waals surface area contributed by atoms with Gasteiger partial charge in [0.1, 0.15) is 5.75 Å². The zero-order valence-corrected chi connectivity index (χ0v) is 9.86. The van der Waals surface area contributed by atoms with Crippen LogP contribution in [0.5, 0.6) is 5.75 Å². The van der Waals surface area contributed by atoms with Gasteiger partial charge in [-0.1, -0.05) is 11.6 Å². The molecule has 16 heavy (non-hydrogen) atoms. The van der Waals surface area contributed by atoms with Crippen LogP contribution in [0.3, 0.4) is 0 Å². The highest BCUT2D eigenvalue weighted by molar-refractivity contribution is 5.38. The van der Waals surface area contributed by atoms with Gasteiger partial charge in [-0.2, -0.15) is 0 Å². The molecule has 0 saturated carbocycles. The van der Waals surface area contributed by atoms with Gasteiger partial charge < -0.3 is 9.84 Å². The van der Waals surface area contributed by atoms with E-state index in [1.807, 2.05) is 25.1 Å². The first-order chi connectivity index (χ1) is 7.65. The zero-order valence-electron chi connectivity index (χ0n) is 9.86. The van der Waals surface area contributed by atoms with Crippen LogP contribution in [0, 0.1) is 19.3 Å². The normalized spacial score (nSPS) is 11.9. The Hall–Kier alpha value is -1.46. The largest absolute Gasteiger partial charge is 0.493 e. The second-order valence-corrected chi connectivity index (χ2v) is 3.87. The Morgan fingerprint density at radius 3 is 2.88 bits per heavy atom. The number of ether oxygens (including phenoxy) is 1. The van der Waals surface area contributed by atoms with E-state index in [0.29, 0.717) is 6.61 Å². The molecule has 0 spiro atoms. The predicted molar refractivity (Wildman–Crippen MR) is 65.4 cm³/mol. The lowest BCUT2D eigenvalue weighted by molar-refractivity contribution is 0.191. The van der Waals surface area contributed by atoms with Gasteiger partial charge in [-0.15, -0.1) is 12.3 Å². The molecule has 86 valence electrons. The summed E-state index contributed by atoms with van der Waals surface area (Å²) in [6.45, 7) is 4.32. The maximum Gasteiger partial charge on any atom is 0.125 e. The van der Waals surface area contributed by atoms with Crippen molar-refractivity contribution in [2.24, 2.45) is 0 Å². The molecular weight excluding hydrogens is 200 g/mol. The number of rotatable bonds is 5. The summed E-state index contributed by atoms with van der Waals surface area (Å²) in [6.07, 6.45) is 6.20. The van der Waals surface area contributed by atoms with Crippen molar-refractivity contribution in [3.05, 3.63) is 29.3 Å². The molecule has 1 N–H and O–H groups in total. The van der Waals surface area contributed by atoms with Crippen molar-refractivity contribution in [3.8, 4) is 18.1 Å². The SMILES string of the molecule is C#CCCCOc1ccc(C)cc1C(C)O. The average Bonchev–Trinajstić information content (AvgIpc) is 2.26. The molecule has 0 bridgehead atoms. The Kier molecular flexibility index (Phi) is 4.88. The number of hydrogen-bond acceptors (Lipinski definition) is 2. The van der Waals surface area contributed by atoms with Crippen LogP contribution in [0.2, 0.25) is 0 Å². The van der Waals surface area contributed by atoms with Gasteiger partial charge in [0.25, 0.3) is 0 Å². The van der Waals surface area contributed by atoms with Crippen molar-refractivity contribution in [2.45, 2.75) is 32.8 Å². The van der Waals surface area contributed by atoms with Crippen molar-refractivity contribution in [1.82, 2.24) is 0 Å². The molecule has 2 heteroatoms. The molecule has 0 aliphatic rings. The first-order valence-electron chi connectivity index (χ1n) is 5.50. The number of hydrogen-bond donors (Lipinski definition) is 1. The molecule has 1 atom stereocenters. The third-order valence-electron chi connectivity index (χ3n) is 2.34. The third kappa shape index (κ3) is 3.60. The standard InChI is InChI=1S/C14H18O2/c1-4-5-6-9-16-14-8-7-11(2)10-13(14)12(3)15/h1,7-8,10,12,15H,5-6,9H2,2-3H3. The molecule has 2 nitrogen and oxygen atoms in total. The quantitative estimate of drug-likeness (QED) is 0.608. The predicted octanol–water partition coefficient (Wildman–Crippen LogP) is 2.84. The molecule has 1 aromatic carbocycles. The minimum absolute atomic E-state index is 0.512. The number of aryl methyl sites for hydroxylation is 1. The summed E-state index contributed by atoms with van der Waals surface area (Å²) in [5.74, 6) is 3.32. The topological polar surface area (TPSA) is 29.5 Å². The van der Waals surface area contributed by atoms with E-state index in [9.17, 15) is 5.11 Å². The second kappa shape index (κ2) is 6.19. The first kappa shape index (κ1) is 12.6. The summed E-state index contributed by atoms with van der Waals surface area (Å²) in [5, 5.41) is 9.62. The summed E-state index contributed by atoms with van der Waals surface area (Å²) in [5.41, 5.74) is 1.95. The Bertz CT molecular complexity index is 375. The molecule has 1 rings (SSSR count). The van der Waals surface area contributed by atoms with Gasteiger partial charge in [-0.3, -0.25) is 0 Å². The summed E-state index contributed by atoms with van der Waals surface area (Å²) in [4.78, 5) is 0. The second-order valence-electron chi connectivity index (χ2n) is 3.87. The van der Waals surface area contributed by atoms with Gasteiger partial charge >= 0.3 is 0 Å². The van der Waals surface area contributed by atoms with Crippen LogP contribution >= 0.6 is 0 Å². The van der Waals surface area contributed by atoms with E-state index in [2.05, 4.69) is 5.92 Å². The van der Waals surface area contributed by atoms with Crippen molar-refractivity contribution in [2.75, 3.05) is 6.61 Å². The van der Waals surface area contributed by atoms with E-state index >= 15 is 0 Å². The van der Waals surface area contributed by atoms with Gasteiger partial charge in [-0.05, 0) is 32.4 Å². The maximum atomic E-state index is 9.62. The lowest BCUT2D eigenvalue weighted by atomic mass is 10.1. The summed E-state index contributed by atoms with van der Waals surface area (Å²) in [6, 6.07) is 5.82. The average molecular weight is 218 g/mol. The molecule has 0 fully saturated rings. The van der Waals surface area contributed by atoms with Gasteiger partial charge in [-0.25, -0.2) is 0 Å². The van der Waals surface area contributed by atoms with Gasteiger partial charge in [0.05, 0.1) is 12.7 Å². The highest BCUT2D eigenvalue weighted by Crippen LogP contribution is 2.26. The summed E-state index contributed by atoms with van der Waals surface area (Å²) >= 11 is 0. The smallest absolute Gasteiger partial charge is 0.125 e. The van der Waals surface area contributed by atoms with Crippen LogP contribution in [0.1, 0.15) is 37.0 Å². The van der Waals surface area contributed by atoms with Gasteiger partial charge in [0.15, 0.2) is 0 Å². The Morgan fingerprint density at radius 2 is 2.25 bits per heavy atom. The van der Waals surface area contributed by atoms with Crippen LogP contribution in [0.4, 0.5) is 0 Å². The third-order valence-corrected chi connectivity index (χ3v) is 2.34. The lowest BCUT2D eigenvalue weighted by Gasteiger charge is -2.13. The van der Waals surface area contributed by atoms with E-state index in [1.165, 1.54) is 0 Å². The van der Waals surface area contributed by atoms with E-state index < -0.39 is 6.10 Å². The van der Waals surface area contributed by atoms with Crippen molar-refractivity contribution in [3.63, 3.8) is 0 Å². The van der Waals surface area contributed by atoms with Gasteiger partial charge in [0, 0.05) is 12.0 Å². The fraction of sp³-hybridized carbons (Fsp3) is 0.429. The number of unbranched alkanes of at least 4 members (excludes halogenated alkanes) is 1. The minimum Gasteiger partial charge on any atom is -0.493 e. The van der Waals surface area contributed by atoms with Crippen molar-refractivity contribution >= 4 is 0 Å². The van der Waals surface area contributed by atoms with Crippen LogP contribution in [0.25, 0.3) is 0 Å². The van der Waals surface area contributed by atoms with E-state index in [4.69, 9.17) is 11.2 Å². The Morgan fingerprint density at radius 1 is 1.50 bits per heavy atom. The highest BCUT2D eigenvalue weighted by atomic mass is 16.5. The fourth-order valence-corrected chi connectivity index (χ4v) is 1.48. The van der Waals surface area contributed by atoms with E-state index in [1.54, 1.807) is 6.92 Å². The molecule has 0 radical (unpaired) electrons. The van der Waals surface area contributed by atoms with Crippen LogP contribution in [-0.2, 0) is 0 Å². The maximum absolute atomic E-state index is 9.62. The number of aliphatic hydroxyl groups is 1. The van der Waals surface area contributed by atoms with E-state index in [-0.39, 0.29) is 0 Å². The molecule has 1 aromatic rings. The molecule has 0 aromatic heterocycles.